The number of benzene rings is 1. The molecule has 0 saturated carbocycles. The maximum Gasteiger partial charge on any atom is 0.282 e. The molecule has 1 atom stereocenters. The van der Waals surface area contributed by atoms with E-state index in [0.717, 1.165) is 12.8 Å². The molecule has 21 heavy (non-hydrogen) atoms. The van der Waals surface area contributed by atoms with Crippen molar-refractivity contribution in [2.75, 3.05) is 6.54 Å². The van der Waals surface area contributed by atoms with E-state index in [-0.39, 0.29) is 23.7 Å². The first-order chi connectivity index (χ1) is 9.92. The molecule has 116 valence electrons. The second-order valence-electron chi connectivity index (χ2n) is 5.08. The zero-order valence-corrected chi connectivity index (χ0v) is 12.6. The number of amides is 1. The lowest BCUT2D eigenvalue weighted by molar-refractivity contribution is -0.385. The van der Waals surface area contributed by atoms with Crippen molar-refractivity contribution in [1.82, 2.24) is 5.32 Å². The summed E-state index contributed by atoms with van der Waals surface area (Å²) in [5.41, 5.74) is 0.377. The van der Waals surface area contributed by atoms with Crippen LogP contribution in [0.25, 0.3) is 0 Å². The Bertz CT molecular complexity index is 512. The van der Waals surface area contributed by atoms with Crippen LogP contribution in [0.5, 0.6) is 0 Å². The molecule has 0 aromatic heterocycles. The number of hydrogen-bond acceptors (Lipinski definition) is 4. The molecule has 0 saturated heterocycles. The smallest absolute Gasteiger partial charge is 0.282 e. The number of nitrogens with zero attached hydrogens (tertiary/aromatic N) is 1. The van der Waals surface area contributed by atoms with E-state index in [1.54, 1.807) is 19.1 Å². The van der Waals surface area contributed by atoms with Crippen molar-refractivity contribution in [2.24, 2.45) is 5.92 Å². The lowest BCUT2D eigenvalue weighted by Crippen LogP contribution is -2.36. The number of rotatable bonds is 7. The Hall–Kier alpha value is -1.95. The normalized spacial score (nSPS) is 12.2. The van der Waals surface area contributed by atoms with Gasteiger partial charge in [0, 0.05) is 12.6 Å². The molecule has 0 spiro atoms. The maximum absolute atomic E-state index is 12.2. The van der Waals surface area contributed by atoms with Gasteiger partial charge in [0.05, 0.1) is 11.0 Å². The Morgan fingerprint density at radius 1 is 1.38 bits per heavy atom. The van der Waals surface area contributed by atoms with Gasteiger partial charge in [0.2, 0.25) is 0 Å². The fourth-order valence-electron chi connectivity index (χ4n) is 2.38. The Morgan fingerprint density at radius 2 is 2.00 bits per heavy atom. The third-order valence-electron chi connectivity index (χ3n) is 3.74. The first-order valence-corrected chi connectivity index (χ1v) is 7.12. The predicted molar refractivity (Wildman–Crippen MR) is 80.2 cm³/mol. The Labute approximate surface area is 124 Å². The molecular formula is C15H22N2O4. The molecular weight excluding hydrogens is 272 g/mol. The minimum Gasteiger partial charge on any atom is -0.391 e. The molecule has 0 aliphatic heterocycles. The fraction of sp³-hybridized carbons (Fsp3) is 0.533. The van der Waals surface area contributed by atoms with Gasteiger partial charge in [0.1, 0.15) is 5.56 Å². The first kappa shape index (κ1) is 17.1. The molecule has 6 heteroatoms. The van der Waals surface area contributed by atoms with Crippen LogP contribution in [0.1, 0.15) is 42.6 Å². The maximum atomic E-state index is 12.2. The van der Waals surface area contributed by atoms with Crippen LogP contribution in [0, 0.1) is 23.0 Å². The van der Waals surface area contributed by atoms with Gasteiger partial charge in [0.15, 0.2) is 0 Å². The summed E-state index contributed by atoms with van der Waals surface area (Å²) < 4.78 is 0. The van der Waals surface area contributed by atoms with Crippen molar-refractivity contribution in [3.63, 3.8) is 0 Å². The van der Waals surface area contributed by atoms with Crippen molar-refractivity contribution in [2.45, 2.75) is 39.7 Å². The Morgan fingerprint density at radius 3 is 2.52 bits per heavy atom. The zero-order chi connectivity index (χ0) is 16.0. The number of nitrogens with one attached hydrogen (secondary N) is 1. The van der Waals surface area contributed by atoms with Gasteiger partial charge < -0.3 is 10.4 Å². The largest absolute Gasteiger partial charge is 0.391 e. The summed E-state index contributed by atoms with van der Waals surface area (Å²) in [6.45, 7) is 5.70. The minimum absolute atomic E-state index is 0.0549. The van der Waals surface area contributed by atoms with Gasteiger partial charge in [-0.25, -0.2) is 0 Å². The van der Waals surface area contributed by atoms with Crippen molar-refractivity contribution in [1.29, 1.82) is 0 Å². The topological polar surface area (TPSA) is 92.5 Å². The van der Waals surface area contributed by atoms with Crippen LogP contribution in [0.2, 0.25) is 0 Å². The molecule has 1 aromatic carbocycles. The van der Waals surface area contributed by atoms with Gasteiger partial charge >= 0.3 is 0 Å². The van der Waals surface area contributed by atoms with Crippen LogP contribution in [0.4, 0.5) is 5.69 Å². The molecule has 0 heterocycles. The van der Waals surface area contributed by atoms with Crippen LogP contribution in [-0.4, -0.2) is 28.6 Å². The highest BCUT2D eigenvalue weighted by Crippen LogP contribution is 2.21. The number of carbonyl (C=O) groups excluding carboxylic acids is 1. The molecule has 1 amide bonds. The number of aliphatic hydroxyl groups is 1. The second-order valence-corrected chi connectivity index (χ2v) is 5.08. The van der Waals surface area contributed by atoms with Crippen LogP contribution in [0.15, 0.2) is 18.2 Å². The van der Waals surface area contributed by atoms with Crippen molar-refractivity contribution in [3.8, 4) is 0 Å². The average molecular weight is 294 g/mol. The van der Waals surface area contributed by atoms with Crippen LogP contribution < -0.4 is 5.32 Å². The predicted octanol–water partition coefficient (Wildman–Crippen LogP) is 2.43. The summed E-state index contributed by atoms with van der Waals surface area (Å²) in [6.07, 6.45) is 0.989. The average Bonchev–Trinajstić information content (AvgIpc) is 2.45. The van der Waals surface area contributed by atoms with E-state index in [2.05, 4.69) is 5.32 Å². The summed E-state index contributed by atoms with van der Waals surface area (Å²) in [5.74, 6) is -0.415. The van der Waals surface area contributed by atoms with E-state index < -0.39 is 16.9 Å². The van der Waals surface area contributed by atoms with Gasteiger partial charge in [-0.05, 0) is 18.4 Å². The van der Waals surface area contributed by atoms with Crippen LogP contribution in [0.3, 0.4) is 0 Å². The molecule has 1 rings (SSSR count). The standard InChI is InChI=1S/C15H22N2O4/c1-4-11(5-2)13(18)9-16-15(19)14-10(3)7-6-8-12(14)17(20)21/h6-8,11,13,18H,4-5,9H2,1-3H3,(H,16,19). The molecule has 0 radical (unpaired) electrons. The molecule has 0 bridgehead atoms. The lowest BCUT2D eigenvalue weighted by atomic mass is 9.96. The van der Waals surface area contributed by atoms with E-state index in [1.165, 1.54) is 6.07 Å². The Balaban J connectivity index is 2.84. The van der Waals surface area contributed by atoms with Crippen LogP contribution in [-0.2, 0) is 0 Å². The third-order valence-corrected chi connectivity index (χ3v) is 3.74. The third kappa shape index (κ3) is 4.26. The number of nitro benzene ring substituents is 1. The quantitative estimate of drug-likeness (QED) is 0.596. The zero-order valence-electron chi connectivity index (χ0n) is 12.6. The SMILES string of the molecule is CCC(CC)C(O)CNC(=O)c1c(C)cccc1[N+](=O)[O-]. The summed E-state index contributed by atoms with van der Waals surface area (Å²) in [6, 6.07) is 4.50. The van der Waals surface area contributed by atoms with E-state index in [1.807, 2.05) is 13.8 Å². The summed E-state index contributed by atoms with van der Waals surface area (Å²) >= 11 is 0. The van der Waals surface area contributed by atoms with Crippen LogP contribution >= 0.6 is 0 Å². The fourth-order valence-corrected chi connectivity index (χ4v) is 2.38. The van der Waals surface area contributed by atoms with E-state index in [0.29, 0.717) is 5.56 Å². The van der Waals surface area contributed by atoms with E-state index >= 15 is 0 Å². The molecule has 0 fully saturated rings. The molecule has 0 aliphatic rings. The van der Waals surface area contributed by atoms with E-state index in [4.69, 9.17) is 0 Å². The Kier molecular flexibility index (Phi) is 6.30. The van der Waals surface area contributed by atoms with Gasteiger partial charge in [0.25, 0.3) is 11.6 Å². The van der Waals surface area contributed by atoms with Crippen molar-refractivity contribution >= 4 is 11.6 Å². The highest BCUT2D eigenvalue weighted by atomic mass is 16.6. The summed E-state index contributed by atoms with van der Waals surface area (Å²) in [7, 11) is 0. The highest BCUT2D eigenvalue weighted by molar-refractivity contribution is 5.99. The van der Waals surface area contributed by atoms with Gasteiger partial charge in [-0.15, -0.1) is 0 Å². The molecule has 1 aromatic rings. The number of aliphatic hydroxyl groups excluding tert-OH is 1. The molecule has 1 unspecified atom stereocenters. The molecule has 0 aliphatic carbocycles. The van der Waals surface area contributed by atoms with E-state index in [9.17, 15) is 20.0 Å². The second kappa shape index (κ2) is 7.73. The summed E-state index contributed by atoms with van der Waals surface area (Å²) in [4.78, 5) is 22.6. The number of hydrogen-bond donors (Lipinski definition) is 2. The molecule has 2 N–H and O–H groups in total. The summed E-state index contributed by atoms with van der Waals surface area (Å²) in [5, 5.41) is 23.6. The number of nitro groups is 1. The monoisotopic (exact) mass is 294 g/mol. The molecule has 6 nitrogen and oxygen atoms in total. The number of carbonyl (C=O) groups is 1. The minimum atomic E-state index is -0.646. The highest BCUT2D eigenvalue weighted by Gasteiger charge is 2.23. The van der Waals surface area contributed by atoms with Gasteiger partial charge in [-0.3, -0.25) is 14.9 Å². The lowest BCUT2D eigenvalue weighted by Gasteiger charge is -2.20. The van der Waals surface area contributed by atoms with Gasteiger partial charge in [-0.2, -0.15) is 0 Å². The van der Waals surface area contributed by atoms with Gasteiger partial charge in [-0.1, -0.05) is 38.8 Å². The van der Waals surface area contributed by atoms with Crippen molar-refractivity contribution < 1.29 is 14.8 Å². The number of aryl methyl sites for hydroxylation is 1. The first-order valence-electron chi connectivity index (χ1n) is 7.12. The van der Waals surface area contributed by atoms with Crippen molar-refractivity contribution in [3.05, 3.63) is 39.4 Å².